The maximum Gasteiger partial charge on any atom is 0.221 e. The first-order valence-corrected chi connectivity index (χ1v) is 6.10. The fourth-order valence-electron chi connectivity index (χ4n) is 1.95. The molecular formula is C15H9F3N2O. The maximum absolute atomic E-state index is 13.7. The smallest absolute Gasteiger partial charge is 0.221 e. The summed E-state index contributed by atoms with van der Waals surface area (Å²) in [6.07, 6.45) is 4.50. The van der Waals surface area contributed by atoms with Crippen molar-refractivity contribution in [3.05, 3.63) is 65.9 Å². The molecule has 3 nitrogen and oxygen atoms in total. The van der Waals surface area contributed by atoms with Crippen molar-refractivity contribution < 1.29 is 17.9 Å². The average molecular weight is 290 g/mol. The van der Waals surface area contributed by atoms with Gasteiger partial charge < -0.3 is 4.74 Å². The number of aromatic nitrogens is 2. The van der Waals surface area contributed by atoms with Gasteiger partial charge in [0.25, 0.3) is 0 Å². The summed E-state index contributed by atoms with van der Waals surface area (Å²) in [6, 6.07) is 5.67. The van der Waals surface area contributed by atoms with Gasteiger partial charge in [-0.3, -0.25) is 4.98 Å². The largest absolute Gasteiger partial charge is 0.472 e. The standard InChI is InChI=1S/C15H9F3N2O/c16-12-6-11-10(13(17)14(12)18)3-5-20-15(11)21-8-9-2-1-4-19-7-9/h1-7H,8H2. The molecule has 0 bridgehead atoms. The number of fused-ring (bicyclic) bond motifs is 1. The van der Waals surface area contributed by atoms with Gasteiger partial charge in [-0.2, -0.15) is 0 Å². The van der Waals surface area contributed by atoms with E-state index in [9.17, 15) is 13.2 Å². The summed E-state index contributed by atoms with van der Waals surface area (Å²) in [6.45, 7) is 0.139. The van der Waals surface area contributed by atoms with E-state index >= 15 is 0 Å². The summed E-state index contributed by atoms with van der Waals surface area (Å²) < 4.78 is 45.7. The highest BCUT2D eigenvalue weighted by Gasteiger charge is 2.16. The summed E-state index contributed by atoms with van der Waals surface area (Å²) in [5.74, 6) is -4.00. The van der Waals surface area contributed by atoms with E-state index in [-0.39, 0.29) is 23.3 Å². The van der Waals surface area contributed by atoms with E-state index in [0.717, 1.165) is 11.6 Å². The van der Waals surface area contributed by atoms with Crippen LogP contribution in [0.15, 0.2) is 42.9 Å². The van der Waals surface area contributed by atoms with Gasteiger partial charge in [-0.05, 0) is 18.2 Å². The molecule has 2 heterocycles. The molecule has 0 radical (unpaired) electrons. The van der Waals surface area contributed by atoms with Crippen molar-refractivity contribution >= 4 is 10.8 Å². The van der Waals surface area contributed by atoms with E-state index in [1.807, 2.05) is 0 Å². The summed E-state index contributed by atoms with van der Waals surface area (Å²) in [5.41, 5.74) is 0.777. The predicted molar refractivity (Wildman–Crippen MR) is 70.2 cm³/mol. The molecule has 3 aromatic rings. The Morgan fingerprint density at radius 1 is 1.00 bits per heavy atom. The van der Waals surface area contributed by atoms with Crippen LogP contribution in [0.2, 0.25) is 0 Å². The third-order valence-electron chi connectivity index (χ3n) is 2.96. The van der Waals surface area contributed by atoms with Crippen molar-refractivity contribution in [2.24, 2.45) is 0 Å². The fraction of sp³-hybridized carbons (Fsp3) is 0.0667. The van der Waals surface area contributed by atoms with Crippen molar-refractivity contribution in [2.75, 3.05) is 0 Å². The van der Waals surface area contributed by atoms with E-state index in [1.54, 1.807) is 24.5 Å². The van der Waals surface area contributed by atoms with Gasteiger partial charge in [0.2, 0.25) is 5.88 Å². The lowest BCUT2D eigenvalue weighted by Gasteiger charge is -2.09. The first-order chi connectivity index (χ1) is 10.2. The number of nitrogens with zero attached hydrogens (tertiary/aromatic N) is 2. The number of rotatable bonds is 3. The van der Waals surface area contributed by atoms with Crippen molar-refractivity contribution in [3.63, 3.8) is 0 Å². The molecule has 1 aromatic carbocycles. The number of benzene rings is 1. The van der Waals surface area contributed by atoms with Gasteiger partial charge in [0.15, 0.2) is 17.5 Å². The van der Waals surface area contributed by atoms with Gasteiger partial charge in [0.1, 0.15) is 6.61 Å². The minimum Gasteiger partial charge on any atom is -0.472 e. The zero-order chi connectivity index (χ0) is 14.8. The second-order valence-electron chi connectivity index (χ2n) is 4.35. The van der Waals surface area contributed by atoms with Crippen molar-refractivity contribution in [3.8, 4) is 5.88 Å². The second kappa shape index (κ2) is 5.40. The third-order valence-corrected chi connectivity index (χ3v) is 2.96. The Morgan fingerprint density at radius 3 is 2.62 bits per heavy atom. The molecule has 0 saturated carbocycles. The Labute approximate surface area is 118 Å². The van der Waals surface area contributed by atoms with Gasteiger partial charge in [-0.15, -0.1) is 0 Å². The van der Waals surface area contributed by atoms with E-state index in [1.165, 1.54) is 12.3 Å². The third kappa shape index (κ3) is 2.52. The SMILES string of the molecule is Fc1cc2c(OCc3cccnc3)nccc2c(F)c1F. The Balaban J connectivity index is 1.99. The molecule has 3 rings (SSSR count). The lowest BCUT2D eigenvalue weighted by molar-refractivity contribution is 0.297. The van der Waals surface area contributed by atoms with Crippen LogP contribution in [0.4, 0.5) is 13.2 Å². The highest BCUT2D eigenvalue weighted by molar-refractivity contribution is 5.87. The van der Waals surface area contributed by atoms with Gasteiger partial charge >= 0.3 is 0 Å². The topological polar surface area (TPSA) is 35.0 Å². The van der Waals surface area contributed by atoms with Gasteiger partial charge in [-0.1, -0.05) is 6.07 Å². The predicted octanol–water partition coefficient (Wildman–Crippen LogP) is 3.63. The molecule has 0 aliphatic heterocycles. The highest BCUT2D eigenvalue weighted by Crippen LogP contribution is 2.28. The first-order valence-electron chi connectivity index (χ1n) is 6.10. The summed E-state index contributed by atoms with van der Waals surface area (Å²) >= 11 is 0. The van der Waals surface area contributed by atoms with Crippen LogP contribution in [0.3, 0.4) is 0 Å². The minimum atomic E-state index is -1.51. The van der Waals surface area contributed by atoms with Crippen LogP contribution >= 0.6 is 0 Å². The van der Waals surface area contributed by atoms with Gasteiger partial charge in [0, 0.05) is 29.5 Å². The molecule has 0 saturated heterocycles. The van der Waals surface area contributed by atoms with Crippen LogP contribution in [0.1, 0.15) is 5.56 Å². The Hall–Kier alpha value is -2.63. The van der Waals surface area contributed by atoms with Crippen LogP contribution in [0.25, 0.3) is 10.8 Å². The first kappa shape index (κ1) is 13.4. The molecule has 0 amide bonds. The monoisotopic (exact) mass is 290 g/mol. The van der Waals surface area contributed by atoms with Gasteiger partial charge in [-0.25, -0.2) is 18.2 Å². The molecule has 106 valence electrons. The van der Waals surface area contributed by atoms with Crippen molar-refractivity contribution in [2.45, 2.75) is 6.61 Å². The van der Waals surface area contributed by atoms with Crippen LogP contribution in [-0.4, -0.2) is 9.97 Å². The molecule has 0 spiro atoms. The van der Waals surface area contributed by atoms with E-state index in [2.05, 4.69) is 9.97 Å². The Kier molecular flexibility index (Phi) is 3.43. The number of hydrogen-bond donors (Lipinski definition) is 0. The zero-order valence-corrected chi connectivity index (χ0v) is 10.7. The molecule has 6 heteroatoms. The molecular weight excluding hydrogens is 281 g/mol. The summed E-state index contributed by atoms with van der Waals surface area (Å²) in [4.78, 5) is 7.86. The molecule has 21 heavy (non-hydrogen) atoms. The molecule has 2 aromatic heterocycles. The van der Waals surface area contributed by atoms with Crippen molar-refractivity contribution in [1.82, 2.24) is 9.97 Å². The Bertz CT molecular complexity index is 794. The van der Waals surface area contributed by atoms with Crippen LogP contribution in [0.5, 0.6) is 5.88 Å². The molecule has 0 aliphatic rings. The average Bonchev–Trinajstić information content (AvgIpc) is 2.52. The summed E-state index contributed by atoms with van der Waals surface area (Å²) in [7, 11) is 0. The molecule has 0 N–H and O–H groups in total. The number of pyridine rings is 2. The minimum absolute atomic E-state index is 0.0363. The summed E-state index contributed by atoms with van der Waals surface area (Å²) in [5, 5.41) is 0.00266. The quantitative estimate of drug-likeness (QED) is 0.691. The molecule has 0 unspecified atom stereocenters. The Morgan fingerprint density at radius 2 is 1.86 bits per heavy atom. The fourth-order valence-corrected chi connectivity index (χ4v) is 1.95. The molecule has 0 atom stereocenters. The van der Waals surface area contributed by atoms with Crippen LogP contribution < -0.4 is 4.74 Å². The lowest BCUT2D eigenvalue weighted by atomic mass is 10.1. The number of hydrogen-bond acceptors (Lipinski definition) is 3. The van der Waals surface area contributed by atoms with Crippen LogP contribution in [-0.2, 0) is 6.61 Å². The highest BCUT2D eigenvalue weighted by atomic mass is 19.2. The van der Waals surface area contributed by atoms with E-state index in [0.29, 0.717) is 0 Å². The number of ether oxygens (including phenoxy) is 1. The molecule has 0 aliphatic carbocycles. The van der Waals surface area contributed by atoms with E-state index in [4.69, 9.17) is 4.74 Å². The normalized spacial score (nSPS) is 10.8. The van der Waals surface area contributed by atoms with Crippen LogP contribution in [0, 0.1) is 17.5 Å². The van der Waals surface area contributed by atoms with Crippen molar-refractivity contribution in [1.29, 1.82) is 0 Å². The maximum atomic E-state index is 13.7. The molecule has 0 fully saturated rings. The second-order valence-corrected chi connectivity index (χ2v) is 4.35. The lowest BCUT2D eigenvalue weighted by Crippen LogP contribution is -2.00. The van der Waals surface area contributed by atoms with E-state index < -0.39 is 17.5 Å². The number of halogens is 3. The van der Waals surface area contributed by atoms with Gasteiger partial charge in [0.05, 0.1) is 5.39 Å². The zero-order valence-electron chi connectivity index (χ0n) is 10.7.